The summed E-state index contributed by atoms with van der Waals surface area (Å²) in [7, 11) is 0. The van der Waals surface area contributed by atoms with Gasteiger partial charge < -0.3 is 44.5 Å². The molecule has 9 atom stereocenters. The third-order valence-corrected chi connectivity index (χ3v) is 9.80. The number of hydrogen-bond acceptors (Lipinski definition) is 11. The highest BCUT2D eigenvalue weighted by molar-refractivity contribution is 6.35. The number of nitrogens with one attached hydrogen (secondary N) is 1. The summed E-state index contributed by atoms with van der Waals surface area (Å²) in [6.07, 6.45) is -5.60. The summed E-state index contributed by atoms with van der Waals surface area (Å²) in [6, 6.07) is 3.66. The van der Waals surface area contributed by atoms with E-state index in [2.05, 4.69) is 15.6 Å². The Morgan fingerprint density at radius 1 is 1.12 bits per heavy atom. The highest BCUT2D eigenvalue weighted by Crippen LogP contribution is 2.38. The van der Waals surface area contributed by atoms with Gasteiger partial charge in [-0.25, -0.2) is 17.9 Å². The molecule has 2 aliphatic heterocycles. The number of aliphatic hydroxyl groups is 3. The molecule has 276 valence electrons. The van der Waals surface area contributed by atoms with Gasteiger partial charge in [0.2, 0.25) is 0 Å². The van der Waals surface area contributed by atoms with Crippen molar-refractivity contribution in [3.8, 4) is 11.3 Å². The van der Waals surface area contributed by atoms with Crippen molar-refractivity contribution in [1.82, 2.24) is 20.3 Å². The molecule has 6 rings (SSSR count). The Morgan fingerprint density at radius 3 is 2.45 bits per heavy atom. The molecule has 18 heteroatoms. The van der Waals surface area contributed by atoms with Crippen molar-refractivity contribution in [2.24, 2.45) is 0 Å². The molecule has 4 N–H and O–H groups in total. The van der Waals surface area contributed by atoms with Gasteiger partial charge in [-0.05, 0) is 43.2 Å². The van der Waals surface area contributed by atoms with E-state index in [-0.39, 0.29) is 40.1 Å². The van der Waals surface area contributed by atoms with E-state index >= 15 is 0 Å². The summed E-state index contributed by atoms with van der Waals surface area (Å²) in [5, 5.41) is 44.7. The molecule has 0 spiro atoms. The molecule has 2 unspecified atom stereocenters. The lowest BCUT2D eigenvalue weighted by atomic mass is 9.88. The zero-order valence-corrected chi connectivity index (χ0v) is 28.5. The maximum atomic E-state index is 15.0. The summed E-state index contributed by atoms with van der Waals surface area (Å²) in [4.78, 5) is 28.8. The standard InChI is InChI=1S/C33H36Cl2F3N5O8/c34-17-9-18(35)11-19(10-17)43(23-3-1-2-4-24(23)46)33(48)32-31(50-26(14-44)25-12-39-5-6-49-25)29(30(47)27(15-45)51-32)42-13-22(40-41-42)16-7-20(36)28(38)21(37)8-16/h7-11,13-14,23-27,29-32,39,45-47H,1-6,12,15H2/t23-,24-,25?,26?,27+,29-,30-,31+,32+/m0/s1. The van der Waals surface area contributed by atoms with Gasteiger partial charge in [-0.2, -0.15) is 0 Å². The van der Waals surface area contributed by atoms with Crippen molar-refractivity contribution < 1.29 is 52.3 Å². The van der Waals surface area contributed by atoms with Crippen molar-refractivity contribution in [2.45, 2.75) is 80.5 Å². The SMILES string of the molecule is O=CC(O[C@@H]1[C@@H](n2cc(-c3cc(F)c(F)c(F)c3)nn2)[C@@H](O)[C@@H](CO)O[C@H]1C(=O)N(c1cc(Cl)cc(Cl)c1)[C@H]1CCCC[C@@H]1O)C1CNCCO1. The number of halogens is 5. The monoisotopic (exact) mass is 757 g/mol. The number of morpholine rings is 1. The Balaban J connectivity index is 1.46. The van der Waals surface area contributed by atoms with E-state index in [4.69, 9.17) is 37.4 Å². The zero-order valence-electron chi connectivity index (χ0n) is 27.0. The highest BCUT2D eigenvalue weighted by Gasteiger charge is 2.53. The number of carbonyl (C=O) groups excluding carboxylic acids is 2. The maximum Gasteiger partial charge on any atom is 0.259 e. The predicted molar refractivity (Wildman–Crippen MR) is 176 cm³/mol. The van der Waals surface area contributed by atoms with Crippen LogP contribution in [-0.4, -0.2) is 118 Å². The molecule has 1 aromatic heterocycles. The van der Waals surface area contributed by atoms with Crippen LogP contribution in [-0.2, 0) is 23.8 Å². The molecule has 1 aliphatic carbocycles. The smallest absolute Gasteiger partial charge is 0.259 e. The van der Waals surface area contributed by atoms with Gasteiger partial charge in [0.25, 0.3) is 5.91 Å². The Labute approximate surface area is 300 Å². The number of nitrogens with zero attached hydrogens (tertiary/aromatic N) is 4. The van der Waals surface area contributed by atoms with Crippen LogP contribution < -0.4 is 10.2 Å². The molecule has 1 amide bonds. The van der Waals surface area contributed by atoms with Gasteiger partial charge in [0.15, 0.2) is 29.8 Å². The molecule has 3 fully saturated rings. The van der Waals surface area contributed by atoms with Crippen LogP contribution in [0.5, 0.6) is 0 Å². The first-order chi connectivity index (χ1) is 24.5. The number of anilines is 1. The molecule has 0 bridgehead atoms. The van der Waals surface area contributed by atoms with Crippen molar-refractivity contribution in [3.63, 3.8) is 0 Å². The van der Waals surface area contributed by atoms with Gasteiger partial charge >= 0.3 is 0 Å². The quantitative estimate of drug-likeness (QED) is 0.177. The van der Waals surface area contributed by atoms with Crippen LogP contribution in [0.3, 0.4) is 0 Å². The second-order valence-corrected chi connectivity index (χ2v) is 13.5. The number of aromatic nitrogens is 3. The second kappa shape index (κ2) is 16.2. The van der Waals surface area contributed by atoms with Crippen LogP contribution in [0.15, 0.2) is 36.5 Å². The van der Waals surface area contributed by atoms with Crippen LogP contribution in [0.2, 0.25) is 10.0 Å². The molecule has 51 heavy (non-hydrogen) atoms. The number of aldehydes is 1. The second-order valence-electron chi connectivity index (χ2n) is 12.7. The minimum Gasteiger partial charge on any atom is -0.394 e. The van der Waals surface area contributed by atoms with E-state index in [9.17, 15) is 38.1 Å². The summed E-state index contributed by atoms with van der Waals surface area (Å²) in [6.45, 7) is 0.188. The zero-order chi connectivity index (χ0) is 36.4. The van der Waals surface area contributed by atoms with E-state index in [0.717, 1.165) is 11.1 Å². The highest BCUT2D eigenvalue weighted by atomic mass is 35.5. The number of rotatable bonds is 10. The normalized spacial score (nSPS) is 29.0. The Kier molecular flexibility index (Phi) is 12.0. The molecule has 1 saturated carbocycles. The van der Waals surface area contributed by atoms with Crippen molar-refractivity contribution >= 4 is 41.1 Å². The maximum absolute atomic E-state index is 15.0. The third kappa shape index (κ3) is 7.94. The Morgan fingerprint density at radius 2 is 1.82 bits per heavy atom. The largest absolute Gasteiger partial charge is 0.394 e. The van der Waals surface area contributed by atoms with Gasteiger partial charge in [0.1, 0.15) is 42.3 Å². The number of carbonyl (C=O) groups is 2. The lowest BCUT2D eigenvalue weighted by Crippen LogP contribution is -2.64. The van der Waals surface area contributed by atoms with Gasteiger partial charge in [-0.1, -0.05) is 41.3 Å². The van der Waals surface area contributed by atoms with Crippen molar-refractivity contribution in [2.75, 3.05) is 31.2 Å². The molecule has 3 aliphatic rings. The van der Waals surface area contributed by atoms with Gasteiger partial charge in [0.05, 0.1) is 31.6 Å². The van der Waals surface area contributed by atoms with Crippen molar-refractivity contribution in [1.29, 1.82) is 0 Å². The summed E-state index contributed by atoms with van der Waals surface area (Å²) in [5.41, 5.74) is -0.101. The summed E-state index contributed by atoms with van der Waals surface area (Å²) >= 11 is 12.7. The lowest BCUT2D eigenvalue weighted by molar-refractivity contribution is -0.232. The molecule has 3 heterocycles. The molecule has 13 nitrogen and oxygen atoms in total. The van der Waals surface area contributed by atoms with E-state index in [1.54, 1.807) is 0 Å². The minimum atomic E-state index is -1.69. The first kappa shape index (κ1) is 37.6. The molecule has 3 aromatic rings. The fraction of sp³-hybridized carbons (Fsp3) is 0.515. The lowest BCUT2D eigenvalue weighted by Gasteiger charge is -2.47. The topological polar surface area (TPSA) is 168 Å². The third-order valence-electron chi connectivity index (χ3n) is 9.37. The predicted octanol–water partition coefficient (Wildman–Crippen LogP) is 2.61. The van der Waals surface area contributed by atoms with Crippen LogP contribution in [0.4, 0.5) is 18.9 Å². The Bertz CT molecular complexity index is 1680. The molecule has 2 saturated heterocycles. The van der Waals surface area contributed by atoms with Crippen LogP contribution in [0, 0.1) is 17.5 Å². The molecular formula is C33H36Cl2F3N5O8. The average molecular weight is 759 g/mol. The summed E-state index contributed by atoms with van der Waals surface area (Å²) < 4.78 is 61.3. The van der Waals surface area contributed by atoms with Gasteiger partial charge in [-0.15, -0.1) is 5.10 Å². The number of amides is 1. The number of hydrogen-bond donors (Lipinski definition) is 4. The fourth-order valence-corrected chi connectivity index (χ4v) is 7.40. The minimum absolute atomic E-state index is 0.138. The van der Waals surface area contributed by atoms with Crippen molar-refractivity contribution in [3.05, 3.63) is 64.0 Å². The number of benzene rings is 2. The first-order valence-electron chi connectivity index (χ1n) is 16.4. The van der Waals surface area contributed by atoms with E-state index < -0.39 is 84.8 Å². The van der Waals surface area contributed by atoms with E-state index in [1.165, 1.54) is 29.3 Å². The van der Waals surface area contributed by atoms with Gasteiger partial charge in [-0.3, -0.25) is 4.79 Å². The first-order valence-corrected chi connectivity index (χ1v) is 17.2. The van der Waals surface area contributed by atoms with Crippen LogP contribution in [0.25, 0.3) is 11.3 Å². The molecule has 0 radical (unpaired) electrons. The van der Waals surface area contributed by atoms with E-state index in [1.807, 2.05) is 0 Å². The van der Waals surface area contributed by atoms with Crippen LogP contribution in [0.1, 0.15) is 31.7 Å². The average Bonchev–Trinajstić information content (AvgIpc) is 3.60. The Hall–Kier alpha value is -3.19. The van der Waals surface area contributed by atoms with Gasteiger partial charge in [0, 0.05) is 34.4 Å². The summed E-state index contributed by atoms with van der Waals surface area (Å²) in [5.74, 6) is -5.41. The number of aliphatic hydroxyl groups excluding tert-OH is 3. The fourth-order valence-electron chi connectivity index (χ4n) is 6.88. The molecular weight excluding hydrogens is 722 g/mol. The van der Waals surface area contributed by atoms with E-state index in [0.29, 0.717) is 44.2 Å². The van der Waals surface area contributed by atoms with Crippen LogP contribution >= 0.6 is 23.2 Å². The number of ether oxygens (including phenoxy) is 3. The molecule has 2 aromatic carbocycles.